The van der Waals surface area contributed by atoms with E-state index in [9.17, 15) is 23.6 Å². The number of anilines is 3. The second kappa shape index (κ2) is 18.4. The molecule has 2 saturated carbocycles. The number of nitrogens with one attached hydrogen (secondary N) is 4. The summed E-state index contributed by atoms with van der Waals surface area (Å²) < 4.78 is 30.2. The van der Waals surface area contributed by atoms with Crippen molar-refractivity contribution in [1.29, 1.82) is 0 Å². The molecule has 12 nitrogen and oxygen atoms in total. The summed E-state index contributed by atoms with van der Waals surface area (Å²) in [7, 11) is 0. The van der Waals surface area contributed by atoms with E-state index in [4.69, 9.17) is 0 Å². The van der Waals surface area contributed by atoms with Gasteiger partial charge in [0, 0.05) is 53.6 Å². The van der Waals surface area contributed by atoms with Crippen molar-refractivity contribution in [2.75, 3.05) is 28.6 Å². The van der Waals surface area contributed by atoms with Gasteiger partial charge in [-0.3, -0.25) is 29.4 Å². The summed E-state index contributed by atoms with van der Waals surface area (Å²) in [6, 6.07) is 12.0. The lowest BCUT2D eigenvalue weighted by atomic mass is 9.82. The first kappa shape index (κ1) is 40.7. The minimum atomic E-state index is -0.577. The summed E-state index contributed by atoms with van der Waals surface area (Å²) in [4.78, 5) is 61.7. The first-order chi connectivity index (χ1) is 28.1. The Balaban J connectivity index is 0.827. The van der Waals surface area contributed by atoms with Gasteiger partial charge in [0.2, 0.25) is 23.7 Å². The molecule has 2 aliphatic carbocycles. The van der Waals surface area contributed by atoms with Crippen LogP contribution in [0.1, 0.15) is 88.5 Å². The second-order valence-corrected chi connectivity index (χ2v) is 15.9. The molecule has 4 fully saturated rings. The number of rotatable bonds is 12. The Morgan fingerprint density at radius 2 is 1.60 bits per heavy atom. The van der Waals surface area contributed by atoms with Gasteiger partial charge >= 0.3 is 0 Å². The van der Waals surface area contributed by atoms with Gasteiger partial charge in [-0.1, -0.05) is 31.4 Å². The van der Waals surface area contributed by atoms with Gasteiger partial charge in [0.25, 0.3) is 5.91 Å². The Morgan fingerprint density at radius 1 is 0.862 bits per heavy atom. The van der Waals surface area contributed by atoms with Gasteiger partial charge in [-0.25, -0.2) is 18.7 Å². The number of hydrogen-bond donors (Lipinski definition) is 4. The van der Waals surface area contributed by atoms with Crippen LogP contribution in [0.5, 0.6) is 0 Å². The molecule has 0 spiro atoms. The van der Waals surface area contributed by atoms with E-state index < -0.39 is 11.9 Å². The van der Waals surface area contributed by atoms with E-state index in [1.54, 1.807) is 24.3 Å². The highest BCUT2D eigenvalue weighted by molar-refractivity contribution is 6.03. The topological polar surface area (TPSA) is 149 Å². The van der Waals surface area contributed by atoms with Crippen LogP contribution < -0.4 is 26.2 Å². The summed E-state index contributed by atoms with van der Waals surface area (Å²) in [6.45, 7) is 9.01. The molecule has 2 aromatic carbocycles. The molecule has 1 unspecified atom stereocenters. The van der Waals surface area contributed by atoms with Crippen LogP contribution in [0.25, 0.3) is 11.3 Å². The molecule has 1 atom stereocenters. The predicted molar refractivity (Wildman–Crippen MR) is 219 cm³/mol. The number of likely N-dealkylation sites (tertiary alicyclic amines) is 1. The summed E-state index contributed by atoms with van der Waals surface area (Å²) in [6.07, 6.45) is 13.0. The van der Waals surface area contributed by atoms with E-state index in [-0.39, 0.29) is 65.5 Å². The van der Waals surface area contributed by atoms with Crippen LogP contribution >= 0.6 is 0 Å². The first-order valence-electron chi connectivity index (χ1n) is 20.5. The Kier molecular flexibility index (Phi) is 12.9. The fourth-order valence-electron chi connectivity index (χ4n) is 9.01. The Morgan fingerprint density at radius 3 is 2.29 bits per heavy atom. The number of benzene rings is 2. The minimum Gasteiger partial charge on any atom is -0.374 e. The molecule has 1 aromatic heterocycles. The lowest BCUT2D eigenvalue weighted by Crippen LogP contribution is -2.47. The molecular weight excluding hydrogens is 743 g/mol. The van der Waals surface area contributed by atoms with Gasteiger partial charge in [-0.15, -0.1) is 0 Å². The number of aromatic nitrogens is 2. The highest BCUT2D eigenvalue weighted by Gasteiger charge is 2.34. The van der Waals surface area contributed by atoms with E-state index >= 15 is 4.39 Å². The quantitative estimate of drug-likeness (QED) is 0.118. The van der Waals surface area contributed by atoms with Crippen molar-refractivity contribution < 1.29 is 28.0 Å². The van der Waals surface area contributed by atoms with Gasteiger partial charge in [-0.2, -0.15) is 0 Å². The zero-order chi connectivity index (χ0) is 40.8. The number of nitrogens with zero attached hydrogens (tertiary/aromatic N) is 4. The summed E-state index contributed by atoms with van der Waals surface area (Å²) in [5, 5.41) is 12.1. The Labute approximate surface area is 337 Å². The molecule has 4 amide bonds. The molecule has 2 saturated heterocycles. The molecule has 4 aliphatic rings. The SMILES string of the molecule is C=CC(=O)N(C=C)c1cccc(-c2nc(NC3CCC(NC(=O)C4CCC(N5CCC(c6ccc(NC7CCC(=O)NC7=O)cc6F)CC5)CC4)CC3)ncc2F)c1. The van der Waals surface area contributed by atoms with Crippen molar-refractivity contribution >= 4 is 41.0 Å². The van der Waals surface area contributed by atoms with Gasteiger partial charge < -0.3 is 20.9 Å². The predicted octanol–water partition coefficient (Wildman–Crippen LogP) is 6.58. The van der Waals surface area contributed by atoms with E-state index in [0.29, 0.717) is 40.9 Å². The third-order valence-electron chi connectivity index (χ3n) is 12.3. The van der Waals surface area contributed by atoms with Crippen LogP contribution in [0.2, 0.25) is 0 Å². The van der Waals surface area contributed by atoms with Crippen LogP contribution in [-0.4, -0.2) is 75.8 Å². The molecule has 0 bridgehead atoms. The summed E-state index contributed by atoms with van der Waals surface area (Å²) >= 11 is 0. The maximum Gasteiger partial charge on any atom is 0.254 e. The molecule has 306 valence electrons. The third kappa shape index (κ3) is 9.61. The van der Waals surface area contributed by atoms with Gasteiger partial charge in [0.05, 0.1) is 6.20 Å². The highest BCUT2D eigenvalue weighted by Crippen LogP contribution is 2.36. The molecule has 3 aromatic rings. The fourth-order valence-corrected chi connectivity index (χ4v) is 9.01. The molecule has 58 heavy (non-hydrogen) atoms. The van der Waals surface area contributed by atoms with Crippen LogP contribution in [-0.2, 0) is 19.2 Å². The molecule has 4 N–H and O–H groups in total. The monoisotopic (exact) mass is 794 g/mol. The van der Waals surface area contributed by atoms with E-state index in [1.165, 1.54) is 23.2 Å². The fraction of sp³-hybridized carbons (Fsp3) is 0.455. The lowest BCUT2D eigenvalue weighted by molar-refractivity contribution is -0.133. The molecule has 3 heterocycles. The van der Waals surface area contributed by atoms with Gasteiger partial charge in [0.15, 0.2) is 5.82 Å². The highest BCUT2D eigenvalue weighted by atomic mass is 19.1. The maximum absolute atomic E-state index is 15.3. The number of imide groups is 1. The number of hydrogen-bond acceptors (Lipinski definition) is 9. The number of piperidine rings is 2. The van der Waals surface area contributed by atoms with Crippen LogP contribution in [0.3, 0.4) is 0 Å². The van der Waals surface area contributed by atoms with Crippen molar-refractivity contribution in [2.24, 2.45) is 5.92 Å². The first-order valence-corrected chi connectivity index (χ1v) is 20.5. The zero-order valence-electron chi connectivity index (χ0n) is 32.7. The minimum absolute atomic E-state index is 0.00372. The molecular formula is C44H52F2N8O4. The molecule has 0 radical (unpaired) electrons. The largest absolute Gasteiger partial charge is 0.374 e. The van der Waals surface area contributed by atoms with Crippen molar-refractivity contribution in [2.45, 2.75) is 107 Å². The zero-order valence-corrected chi connectivity index (χ0v) is 32.7. The van der Waals surface area contributed by atoms with Gasteiger partial charge in [0.1, 0.15) is 17.6 Å². The maximum atomic E-state index is 15.3. The third-order valence-corrected chi connectivity index (χ3v) is 12.3. The molecule has 7 rings (SSSR count). The average Bonchev–Trinajstić information content (AvgIpc) is 3.24. The average molecular weight is 795 g/mol. The normalized spacial score (nSPS) is 24.3. The number of amides is 4. The van der Waals surface area contributed by atoms with Crippen LogP contribution in [0.4, 0.5) is 26.1 Å². The van der Waals surface area contributed by atoms with E-state index in [0.717, 1.165) is 83.5 Å². The smallest absolute Gasteiger partial charge is 0.254 e. The Hall–Kier alpha value is -5.50. The van der Waals surface area contributed by atoms with Crippen molar-refractivity contribution in [3.63, 3.8) is 0 Å². The van der Waals surface area contributed by atoms with E-state index in [2.05, 4.69) is 49.3 Å². The number of carbonyl (C=O) groups excluding carboxylic acids is 4. The lowest BCUT2D eigenvalue weighted by Gasteiger charge is -2.41. The van der Waals surface area contributed by atoms with Crippen molar-refractivity contribution in [3.05, 3.63) is 91.3 Å². The van der Waals surface area contributed by atoms with Crippen LogP contribution in [0, 0.1) is 17.6 Å². The standard InChI is InChI=1S/C44H52F2N8O4/c1-3-40(56)54(4-2)34-7-5-6-29(24-34)41-37(46)26-47-44(52-41)50-31-12-10-30(11-13-31)49-42(57)28-8-15-33(16-9-28)53-22-20-27(21-23-53)35-17-14-32(25-36(35)45)48-38-18-19-39(55)51-43(38)58/h3-7,14,17,24-28,30-31,33,38,48H,1-2,8-13,15-16,18-23H2,(H,49,57)(H,47,50,52)(H,51,55,58). The summed E-state index contributed by atoms with van der Waals surface area (Å²) in [5.74, 6) is -1.28. The van der Waals surface area contributed by atoms with Gasteiger partial charge in [-0.05, 0) is 126 Å². The number of halogens is 2. The van der Waals surface area contributed by atoms with Crippen molar-refractivity contribution in [3.8, 4) is 11.3 Å². The second-order valence-electron chi connectivity index (χ2n) is 15.9. The van der Waals surface area contributed by atoms with E-state index in [1.807, 2.05) is 12.1 Å². The number of carbonyl (C=O) groups is 4. The summed E-state index contributed by atoms with van der Waals surface area (Å²) in [5.41, 5.74) is 2.36. The molecule has 2 aliphatic heterocycles. The van der Waals surface area contributed by atoms with Crippen LogP contribution in [0.15, 0.2) is 74.1 Å². The van der Waals surface area contributed by atoms with Crippen molar-refractivity contribution in [1.82, 2.24) is 25.5 Å². The molecule has 14 heteroatoms. The Bertz CT molecular complexity index is 2020.